The number of aryl methyl sites for hydroxylation is 1. The molecule has 0 bridgehead atoms. The molecule has 0 radical (unpaired) electrons. The van der Waals surface area contributed by atoms with Crippen LogP contribution in [0.3, 0.4) is 0 Å². The number of aromatic nitrogens is 3. The molecular weight excluding hydrogens is 348 g/mol. The molecule has 1 aromatic carbocycles. The standard InChI is InChI=1S/C15H16N4O3S2/c1-11-3-4-14(22-2)15(7-11)24(20,21)16-8-12-9-19(18-17-12)13-5-6-23-10-13/h3-7,9-10,16H,8H2,1-2H3. The van der Waals surface area contributed by atoms with Crippen LogP contribution in [0.25, 0.3) is 5.69 Å². The first-order valence-corrected chi connectivity index (χ1v) is 9.50. The van der Waals surface area contributed by atoms with Crippen LogP contribution in [0.1, 0.15) is 11.3 Å². The van der Waals surface area contributed by atoms with Crippen LogP contribution in [0.2, 0.25) is 0 Å². The Morgan fingerprint density at radius 3 is 2.88 bits per heavy atom. The van der Waals surface area contributed by atoms with Gasteiger partial charge in [-0.25, -0.2) is 17.8 Å². The summed E-state index contributed by atoms with van der Waals surface area (Å²) in [5.74, 6) is 0.301. The molecule has 9 heteroatoms. The predicted molar refractivity (Wildman–Crippen MR) is 91.0 cm³/mol. The zero-order valence-electron chi connectivity index (χ0n) is 13.1. The minimum absolute atomic E-state index is 0.0452. The summed E-state index contributed by atoms with van der Waals surface area (Å²) in [6.45, 7) is 1.87. The second-order valence-electron chi connectivity index (χ2n) is 5.11. The van der Waals surface area contributed by atoms with E-state index < -0.39 is 10.0 Å². The summed E-state index contributed by atoms with van der Waals surface area (Å²) >= 11 is 1.55. The number of thiophene rings is 1. The summed E-state index contributed by atoms with van der Waals surface area (Å²) < 4.78 is 34.3. The van der Waals surface area contributed by atoms with Gasteiger partial charge in [0.05, 0.1) is 31.2 Å². The molecule has 0 aliphatic rings. The molecule has 0 aliphatic heterocycles. The summed E-state index contributed by atoms with van der Waals surface area (Å²) in [5.41, 5.74) is 2.25. The van der Waals surface area contributed by atoms with Crippen molar-refractivity contribution in [2.24, 2.45) is 0 Å². The summed E-state index contributed by atoms with van der Waals surface area (Å²) in [6, 6.07) is 6.91. The summed E-state index contributed by atoms with van der Waals surface area (Å²) in [4.78, 5) is 0.107. The van der Waals surface area contributed by atoms with Crippen LogP contribution in [-0.4, -0.2) is 30.5 Å². The van der Waals surface area contributed by atoms with Gasteiger partial charge in [-0.2, -0.15) is 11.3 Å². The van der Waals surface area contributed by atoms with E-state index in [4.69, 9.17) is 4.74 Å². The van der Waals surface area contributed by atoms with Gasteiger partial charge in [0.25, 0.3) is 0 Å². The average molecular weight is 364 g/mol. The monoisotopic (exact) mass is 364 g/mol. The maximum absolute atomic E-state index is 12.5. The first-order valence-electron chi connectivity index (χ1n) is 7.08. The maximum atomic E-state index is 12.5. The van der Waals surface area contributed by atoms with E-state index in [0.717, 1.165) is 11.3 Å². The van der Waals surface area contributed by atoms with E-state index in [0.29, 0.717) is 11.4 Å². The van der Waals surface area contributed by atoms with Crippen molar-refractivity contribution < 1.29 is 13.2 Å². The number of nitrogens with zero attached hydrogens (tertiary/aromatic N) is 3. The van der Waals surface area contributed by atoms with Gasteiger partial charge >= 0.3 is 0 Å². The van der Waals surface area contributed by atoms with E-state index in [9.17, 15) is 8.42 Å². The van der Waals surface area contributed by atoms with Gasteiger partial charge in [0.1, 0.15) is 10.6 Å². The van der Waals surface area contributed by atoms with Crippen LogP contribution < -0.4 is 9.46 Å². The quantitative estimate of drug-likeness (QED) is 0.724. The smallest absolute Gasteiger partial charge is 0.244 e. The van der Waals surface area contributed by atoms with Crippen LogP contribution in [0.4, 0.5) is 0 Å². The van der Waals surface area contributed by atoms with Crippen molar-refractivity contribution in [1.29, 1.82) is 0 Å². The Balaban J connectivity index is 1.77. The molecule has 0 atom stereocenters. The van der Waals surface area contributed by atoms with Crippen LogP contribution in [0, 0.1) is 6.92 Å². The topological polar surface area (TPSA) is 86.1 Å². The molecule has 1 N–H and O–H groups in total. The van der Waals surface area contributed by atoms with Crippen LogP contribution in [0.15, 0.2) is 46.1 Å². The second-order valence-corrected chi connectivity index (χ2v) is 7.63. The molecule has 2 heterocycles. The number of benzene rings is 1. The molecule has 0 aliphatic carbocycles. The molecule has 0 amide bonds. The Labute approximate surface area is 144 Å². The van der Waals surface area contributed by atoms with E-state index in [2.05, 4.69) is 15.0 Å². The van der Waals surface area contributed by atoms with Crippen molar-refractivity contribution in [3.05, 3.63) is 52.5 Å². The van der Waals surface area contributed by atoms with Gasteiger partial charge in [-0.3, -0.25) is 0 Å². The Morgan fingerprint density at radius 1 is 1.33 bits per heavy atom. The minimum atomic E-state index is -3.72. The van der Waals surface area contributed by atoms with E-state index in [1.165, 1.54) is 7.11 Å². The fourth-order valence-electron chi connectivity index (χ4n) is 2.13. The first-order chi connectivity index (χ1) is 11.5. The molecule has 0 saturated carbocycles. The number of hydrogen-bond acceptors (Lipinski definition) is 6. The molecular formula is C15H16N4O3S2. The zero-order valence-corrected chi connectivity index (χ0v) is 14.8. The van der Waals surface area contributed by atoms with Crippen molar-refractivity contribution in [2.45, 2.75) is 18.4 Å². The van der Waals surface area contributed by atoms with Crippen molar-refractivity contribution >= 4 is 21.4 Å². The number of ether oxygens (including phenoxy) is 1. The summed E-state index contributed by atoms with van der Waals surface area (Å²) in [6.07, 6.45) is 1.69. The van der Waals surface area contributed by atoms with Crippen molar-refractivity contribution in [1.82, 2.24) is 19.7 Å². The zero-order chi connectivity index (χ0) is 17.2. The minimum Gasteiger partial charge on any atom is -0.495 e. The fraction of sp³-hybridized carbons (Fsp3) is 0.200. The fourth-order valence-corrected chi connectivity index (χ4v) is 4.01. The molecule has 3 aromatic rings. The van der Waals surface area contributed by atoms with Gasteiger partial charge in [0.15, 0.2) is 0 Å². The van der Waals surface area contributed by atoms with E-state index in [1.807, 2.05) is 23.8 Å². The Hall–Kier alpha value is -2.23. The largest absolute Gasteiger partial charge is 0.495 e. The summed E-state index contributed by atoms with van der Waals surface area (Å²) in [5, 5.41) is 11.8. The lowest BCUT2D eigenvalue weighted by Crippen LogP contribution is -2.24. The Bertz CT molecular complexity index is 934. The molecule has 2 aromatic heterocycles. The van der Waals surface area contributed by atoms with Crippen molar-refractivity contribution in [2.75, 3.05) is 7.11 Å². The number of methoxy groups -OCH3 is 1. The van der Waals surface area contributed by atoms with E-state index in [1.54, 1.807) is 40.4 Å². The molecule has 0 fully saturated rings. The third-order valence-corrected chi connectivity index (χ3v) is 5.46. The lowest BCUT2D eigenvalue weighted by Gasteiger charge is -2.10. The van der Waals surface area contributed by atoms with Crippen LogP contribution in [0.5, 0.6) is 5.75 Å². The highest BCUT2D eigenvalue weighted by atomic mass is 32.2. The molecule has 0 unspecified atom stereocenters. The van der Waals surface area contributed by atoms with Crippen LogP contribution >= 0.6 is 11.3 Å². The van der Waals surface area contributed by atoms with Gasteiger partial charge in [-0.05, 0) is 36.1 Å². The Kier molecular flexibility index (Phi) is 4.65. The Morgan fingerprint density at radius 2 is 2.17 bits per heavy atom. The van der Waals surface area contributed by atoms with Gasteiger partial charge in [-0.15, -0.1) is 5.10 Å². The predicted octanol–water partition coefficient (Wildman–Crippen LogP) is 2.12. The molecule has 0 saturated heterocycles. The highest BCUT2D eigenvalue weighted by molar-refractivity contribution is 7.89. The average Bonchev–Trinajstić information content (AvgIpc) is 3.24. The lowest BCUT2D eigenvalue weighted by atomic mass is 10.2. The van der Waals surface area contributed by atoms with Gasteiger partial charge < -0.3 is 4.74 Å². The highest BCUT2D eigenvalue weighted by Crippen LogP contribution is 2.24. The van der Waals surface area contributed by atoms with Gasteiger partial charge in [0.2, 0.25) is 10.0 Å². The highest BCUT2D eigenvalue weighted by Gasteiger charge is 2.20. The summed E-state index contributed by atoms with van der Waals surface area (Å²) in [7, 11) is -2.28. The van der Waals surface area contributed by atoms with Gasteiger partial charge in [0, 0.05) is 5.38 Å². The second kappa shape index (κ2) is 6.71. The third kappa shape index (κ3) is 3.48. The molecule has 126 valence electrons. The molecule has 3 rings (SSSR count). The number of rotatable bonds is 6. The van der Waals surface area contributed by atoms with Crippen molar-refractivity contribution in [3.8, 4) is 11.4 Å². The molecule has 0 spiro atoms. The number of sulfonamides is 1. The van der Waals surface area contributed by atoms with Crippen LogP contribution in [-0.2, 0) is 16.6 Å². The molecule has 24 heavy (non-hydrogen) atoms. The van der Waals surface area contributed by atoms with E-state index in [-0.39, 0.29) is 11.4 Å². The number of hydrogen-bond donors (Lipinski definition) is 1. The lowest BCUT2D eigenvalue weighted by molar-refractivity contribution is 0.402. The first kappa shape index (κ1) is 16.6. The number of nitrogens with one attached hydrogen (secondary N) is 1. The molecule has 7 nitrogen and oxygen atoms in total. The SMILES string of the molecule is COc1ccc(C)cc1S(=O)(=O)NCc1cn(-c2ccsc2)nn1. The van der Waals surface area contributed by atoms with Gasteiger partial charge in [-0.1, -0.05) is 11.3 Å². The maximum Gasteiger partial charge on any atom is 0.244 e. The van der Waals surface area contributed by atoms with Crippen molar-refractivity contribution in [3.63, 3.8) is 0 Å². The van der Waals surface area contributed by atoms with E-state index >= 15 is 0 Å². The normalized spacial score (nSPS) is 11.6. The third-order valence-electron chi connectivity index (χ3n) is 3.36.